The minimum Gasteiger partial charge on any atom is -0.455 e. The summed E-state index contributed by atoms with van der Waals surface area (Å²) in [5.41, 5.74) is 8.39. The van der Waals surface area contributed by atoms with Crippen LogP contribution >= 0.6 is 0 Å². The molecule has 12 rings (SSSR count). The summed E-state index contributed by atoms with van der Waals surface area (Å²) in [5.74, 6) is 0. The molecule has 0 radical (unpaired) electrons. The van der Waals surface area contributed by atoms with E-state index < -0.39 is 24.2 Å². The smallest absolute Gasteiger partial charge is 0.143 e. The molecule has 0 N–H and O–H groups in total. The van der Waals surface area contributed by atoms with Gasteiger partial charge in [0.2, 0.25) is 0 Å². The molecule has 0 saturated carbocycles. The van der Waals surface area contributed by atoms with E-state index in [9.17, 15) is 0 Å². The van der Waals surface area contributed by atoms with Crippen LogP contribution in [0.25, 0.3) is 121 Å². The molecule has 274 valence electrons. The standard InChI is InChI=1S/C58H36O/c1-3-14-38(15-4-1)45-24-13-25-52-47-33-31-43(36-55(47)59-58(45)52)53-35-42-18-7-8-19-44(42)54-34-41(30-32-46(53)54)37-26-28-40(29-27-37)57-50-22-11-9-20-48(50)56(39-16-5-2-6-17-39)49-21-10-12-23-51(49)57/h1-36H/i1D,2D,3D,4D,5D,6D,14D,15D,16D,17D. The van der Waals surface area contributed by atoms with Gasteiger partial charge in [0.05, 0.1) is 13.7 Å². The molecule has 0 spiro atoms. The second-order valence-electron chi connectivity index (χ2n) is 14.8. The van der Waals surface area contributed by atoms with Crippen LogP contribution in [-0.4, -0.2) is 0 Å². The molecule has 0 aliphatic rings. The van der Waals surface area contributed by atoms with Gasteiger partial charge in [0.15, 0.2) is 0 Å². The Kier molecular flexibility index (Phi) is 5.65. The third-order valence-corrected chi connectivity index (χ3v) is 11.6. The van der Waals surface area contributed by atoms with Crippen LogP contribution in [0.4, 0.5) is 0 Å². The highest BCUT2D eigenvalue weighted by atomic mass is 16.3. The van der Waals surface area contributed by atoms with Crippen LogP contribution in [0.3, 0.4) is 0 Å². The third kappa shape index (κ3) is 5.40. The minimum atomic E-state index is -0.441. The van der Waals surface area contributed by atoms with Crippen LogP contribution in [0.1, 0.15) is 13.7 Å². The topological polar surface area (TPSA) is 13.1 Å². The zero-order valence-corrected chi connectivity index (χ0v) is 31.4. The number of fused-ring (bicyclic) bond motifs is 8. The molecule has 0 saturated heterocycles. The molecule has 1 heterocycles. The molecule has 1 heteroatoms. The highest BCUT2D eigenvalue weighted by Gasteiger charge is 2.18. The first-order valence-corrected chi connectivity index (χ1v) is 19.5. The highest BCUT2D eigenvalue weighted by Crippen LogP contribution is 2.45. The Labute approximate surface area is 356 Å². The Bertz CT molecular complexity index is 4080. The number of para-hydroxylation sites is 1. The first kappa shape index (κ1) is 24.8. The molecule has 0 unspecified atom stereocenters. The molecular weight excluding hydrogens is 713 g/mol. The lowest BCUT2D eigenvalue weighted by Crippen LogP contribution is -1.91. The summed E-state index contributed by atoms with van der Waals surface area (Å²) >= 11 is 0. The summed E-state index contributed by atoms with van der Waals surface area (Å²) in [6.45, 7) is 0. The second kappa shape index (κ2) is 13.4. The van der Waals surface area contributed by atoms with Gasteiger partial charge in [0.25, 0.3) is 0 Å². The van der Waals surface area contributed by atoms with Crippen LogP contribution in [0.2, 0.25) is 0 Å². The summed E-state index contributed by atoms with van der Waals surface area (Å²) in [4.78, 5) is 0. The predicted octanol–water partition coefficient (Wildman–Crippen LogP) is 16.5. The average molecular weight is 759 g/mol. The summed E-state index contributed by atoms with van der Waals surface area (Å²) in [6.07, 6.45) is 0. The Morgan fingerprint density at radius 3 is 1.54 bits per heavy atom. The minimum absolute atomic E-state index is 0.0999. The fraction of sp³-hybridized carbons (Fsp3) is 0. The maximum absolute atomic E-state index is 8.90. The van der Waals surface area contributed by atoms with Gasteiger partial charge in [-0.15, -0.1) is 0 Å². The highest BCUT2D eigenvalue weighted by molar-refractivity contribution is 6.22. The molecule has 1 aromatic heterocycles. The van der Waals surface area contributed by atoms with Crippen molar-refractivity contribution in [2.75, 3.05) is 0 Å². The van der Waals surface area contributed by atoms with E-state index in [0.717, 1.165) is 87.2 Å². The molecule has 59 heavy (non-hydrogen) atoms. The molecule has 0 bridgehead atoms. The summed E-state index contributed by atoms with van der Waals surface area (Å²) in [5, 5.41) is 9.37. The first-order valence-electron chi connectivity index (χ1n) is 24.5. The summed E-state index contributed by atoms with van der Waals surface area (Å²) in [7, 11) is 0. The van der Waals surface area contributed by atoms with E-state index in [4.69, 9.17) is 18.1 Å². The van der Waals surface area contributed by atoms with Gasteiger partial charge in [0.1, 0.15) is 11.2 Å². The summed E-state index contributed by atoms with van der Waals surface area (Å²) in [6, 6.07) is 49.5. The van der Waals surface area contributed by atoms with Crippen LogP contribution in [0.5, 0.6) is 0 Å². The number of hydrogen-bond donors (Lipinski definition) is 0. The molecule has 12 aromatic rings. The van der Waals surface area contributed by atoms with E-state index >= 15 is 0 Å². The quantitative estimate of drug-likeness (QED) is 0.126. The monoisotopic (exact) mass is 758 g/mol. The van der Waals surface area contributed by atoms with Gasteiger partial charge in [-0.1, -0.05) is 194 Å². The van der Waals surface area contributed by atoms with E-state index in [1.54, 1.807) is 6.07 Å². The lowest BCUT2D eigenvalue weighted by molar-refractivity contribution is 0.670. The van der Waals surface area contributed by atoms with Crippen molar-refractivity contribution in [2.45, 2.75) is 0 Å². The van der Waals surface area contributed by atoms with Gasteiger partial charge >= 0.3 is 0 Å². The predicted molar refractivity (Wildman–Crippen MR) is 251 cm³/mol. The van der Waals surface area contributed by atoms with Crippen molar-refractivity contribution in [3.8, 4) is 55.6 Å². The Morgan fingerprint density at radius 1 is 0.305 bits per heavy atom. The fourth-order valence-corrected chi connectivity index (χ4v) is 8.98. The molecule has 11 aromatic carbocycles. The van der Waals surface area contributed by atoms with E-state index in [1.807, 2.05) is 84.9 Å². The number of benzene rings is 11. The van der Waals surface area contributed by atoms with Crippen LogP contribution in [0, 0.1) is 0 Å². The van der Waals surface area contributed by atoms with Crippen LogP contribution < -0.4 is 0 Å². The van der Waals surface area contributed by atoms with Crippen LogP contribution in [0.15, 0.2) is 223 Å². The van der Waals surface area contributed by atoms with Gasteiger partial charge in [-0.25, -0.2) is 0 Å². The van der Waals surface area contributed by atoms with Crippen molar-refractivity contribution in [2.24, 2.45) is 0 Å². The zero-order chi connectivity index (χ0) is 47.6. The van der Waals surface area contributed by atoms with Gasteiger partial charge < -0.3 is 4.42 Å². The normalized spacial score (nSPS) is 14.1. The zero-order valence-electron chi connectivity index (χ0n) is 41.4. The van der Waals surface area contributed by atoms with Crippen molar-refractivity contribution in [3.05, 3.63) is 218 Å². The van der Waals surface area contributed by atoms with E-state index in [2.05, 4.69) is 66.7 Å². The Morgan fingerprint density at radius 2 is 0.847 bits per heavy atom. The van der Waals surface area contributed by atoms with Crippen molar-refractivity contribution < 1.29 is 18.1 Å². The molecular formula is C58H36O. The maximum Gasteiger partial charge on any atom is 0.143 e. The number of rotatable bonds is 5. The lowest BCUT2D eigenvalue weighted by Gasteiger charge is -2.18. The largest absolute Gasteiger partial charge is 0.455 e. The van der Waals surface area contributed by atoms with Gasteiger partial charge in [-0.2, -0.15) is 0 Å². The lowest BCUT2D eigenvalue weighted by atomic mass is 9.85. The van der Waals surface area contributed by atoms with Crippen LogP contribution in [-0.2, 0) is 0 Å². The summed E-state index contributed by atoms with van der Waals surface area (Å²) < 4.78 is 91.6. The Hall–Kier alpha value is -7.74. The molecule has 0 amide bonds. The second-order valence-corrected chi connectivity index (χ2v) is 14.8. The molecule has 0 atom stereocenters. The van der Waals surface area contributed by atoms with E-state index in [1.165, 1.54) is 0 Å². The first-order chi connectivity index (χ1) is 33.4. The molecule has 1 nitrogen and oxygen atoms in total. The third-order valence-electron chi connectivity index (χ3n) is 11.6. The number of hydrogen-bond acceptors (Lipinski definition) is 1. The van der Waals surface area contributed by atoms with Gasteiger partial charge in [-0.05, 0) is 117 Å². The maximum atomic E-state index is 8.90. The van der Waals surface area contributed by atoms with Crippen molar-refractivity contribution in [1.29, 1.82) is 0 Å². The Balaban J connectivity index is 0.973. The molecule has 0 aliphatic heterocycles. The molecule has 0 aliphatic carbocycles. The average Bonchev–Trinajstić information content (AvgIpc) is 3.77. The van der Waals surface area contributed by atoms with Crippen molar-refractivity contribution in [3.63, 3.8) is 0 Å². The fourth-order valence-electron chi connectivity index (χ4n) is 8.98. The number of furan rings is 1. The van der Waals surface area contributed by atoms with E-state index in [-0.39, 0.29) is 47.4 Å². The SMILES string of the molecule is [2H]c1c([2H])c([2H])c(-c2c3ccccc3c(-c3ccc(-c4ccc5c(-c6ccc7c(c6)oc6c(-c8c([2H])c([2H])c([2H])c([2H])c8[2H])cccc67)cc6ccccc6c5c4)cc3)c3ccccc23)c([2H])c1[2H]. The van der Waals surface area contributed by atoms with E-state index in [0.29, 0.717) is 22.3 Å². The van der Waals surface area contributed by atoms with Gasteiger partial charge in [-0.3, -0.25) is 0 Å². The van der Waals surface area contributed by atoms with Gasteiger partial charge in [0, 0.05) is 16.3 Å². The van der Waals surface area contributed by atoms with Crippen molar-refractivity contribution >= 4 is 65.0 Å². The molecule has 0 fully saturated rings. The van der Waals surface area contributed by atoms with Crippen molar-refractivity contribution in [1.82, 2.24) is 0 Å².